The summed E-state index contributed by atoms with van der Waals surface area (Å²) in [6.45, 7) is 0. The van der Waals surface area contributed by atoms with Gasteiger partial charge in [0.25, 0.3) is 0 Å². The maximum Gasteiger partial charge on any atom is 0.573 e. The summed E-state index contributed by atoms with van der Waals surface area (Å²) >= 11 is 0. The number of rotatable bonds is 5. The molecule has 1 heterocycles. The van der Waals surface area contributed by atoms with Crippen LogP contribution in [0.3, 0.4) is 0 Å². The molecule has 5 nitrogen and oxygen atoms in total. The maximum atomic E-state index is 12.3. The summed E-state index contributed by atoms with van der Waals surface area (Å²) in [7, 11) is 0. The third-order valence-corrected chi connectivity index (χ3v) is 4.21. The lowest BCUT2D eigenvalue weighted by Gasteiger charge is -2.09. The van der Waals surface area contributed by atoms with Gasteiger partial charge in [-0.15, -0.1) is 13.2 Å². The molecule has 0 radical (unpaired) electrons. The van der Waals surface area contributed by atoms with Crippen molar-refractivity contribution in [3.05, 3.63) is 78.4 Å². The van der Waals surface area contributed by atoms with Crippen LogP contribution in [0, 0.1) is 0 Å². The van der Waals surface area contributed by atoms with Crippen molar-refractivity contribution in [2.45, 2.75) is 12.8 Å². The average molecular weight is 412 g/mol. The minimum Gasteiger partial charge on any atom is -0.436 e. The molecule has 4 aromatic rings. The van der Waals surface area contributed by atoms with Crippen LogP contribution in [0.25, 0.3) is 22.6 Å². The second-order valence-corrected chi connectivity index (χ2v) is 6.48. The van der Waals surface area contributed by atoms with Crippen molar-refractivity contribution < 1.29 is 27.1 Å². The van der Waals surface area contributed by atoms with Crippen LogP contribution >= 0.6 is 0 Å². The Morgan fingerprint density at radius 2 is 1.77 bits per heavy atom. The zero-order valence-corrected chi connectivity index (χ0v) is 15.4. The number of ether oxygens (including phenoxy) is 1. The second kappa shape index (κ2) is 7.90. The normalized spacial score (nSPS) is 11.4. The summed E-state index contributed by atoms with van der Waals surface area (Å²) in [5.41, 5.74) is 3.21. The van der Waals surface area contributed by atoms with Crippen molar-refractivity contribution >= 4 is 22.7 Å². The Morgan fingerprint density at radius 3 is 2.50 bits per heavy atom. The van der Waals surface area contributed by atoms with Crippen LogP contribution in [0.1, 0.15) is 5.56 Å². The standard InChI is InChI=1S/C22H15F3N2O3/c23-22(24,25)30-17-10-8-14(9-11-17)12-20(28)26-16-5-3-4-15(13-16)21-27-18-6-1-2-7-19(18)29-21/h1-11,13H,12H2,(H,26,28). The van der Waals surface area contributed by atoms with E-state index in [1.165, 1.54) is 24.3 Å². The van der Waals surface area contributed by atoms with Gasteiger partial charge in [0.05, 0.1) is 6.42 Å². The SMILES string of the molecule is O=C(Cc1ccc(OC(F)(F)F)cc1)Nc1cccc(-c2nc3ccccc3o2)c1. The Morgan fingerprint density at radius 1 is 1.00 bits per heavy atom. The zero-order chi connectivity index (χ0) is 21.1. The van der Waals surface area contributed by atoms with Crippen LogP contribution < -0.4 is 10.1 Å². The molecule has 1 aromatic heterocycles. The van der Waals surface area contributed by atoms with Gasteiger partial charge < -0.3 is 14.5 Å². The largest absolute Gasteiger partial charge is 0.573 e. The van der Waals surface area contributed by atoms with Crippen molar-refractivity contribution in [2.24, 2.45) is 0 Å². The predicted molar refractivity (Wildman–Crippen MR) is 105 cm³/mol. The number of anilines is 1. The van der Waals surface area contributed by atoms with Gasteiger partial charge in [-0.25, -0.2) is 4.98 Å². The molecular formula is C22H15F3N2O3. The molecule has 1 amide bonds. The lowest BCUT2D eigenvalue weighted by atomic mass is 10.1. The predicted octanol–water partition coefficient (Wildman–Crippen LogP) is 5.57. The fourth-order valence-electron chi connectivity index (χ4n) is 2.93. The summed E-state index contributed by atoms with van der Waals surface area (Å²) in [5, 5.41) is 2.77. The number of para-hydroxylation sites is 2. The van der Waals surface area contributed by atoms with Crippen molar-refractivity contribution in [3.63, 3.8) is 0 Å². The second-order valence-electron chi connectivity index (χ2n) is 6.48. The van der Waals surface area contributed by atoms with Crippen LogP contribution in [0.2, 0.25) is 0 Å². The first kappa shape index (κ1) is 19.5. The van der Waals surface area contributed by atoms with Crippen LogP contribution in [0.4, 0.5) is 18.9 Å². The van der Waals surface area contributed by atoms with Crippen LogP contribution in [-0.2, 0) is 11.2 Å². The van der Waals surface area contributed by atoms with Gasteiger partial charge in [-0.2, -0.15) is 0 Å². The molecule has 0 fully saturated rings. The molecule has 152 valence electrons. The fraction of sp³-hybridized carbons (Fsp3) is 0.0909. The molecule has 30 heavy (non-hydrogen) atoms. The minimum atomic E-state index is -4.75. The Bertz CT molecular complexity index is 1150. The Kier molecular flexibility index (Phi) is 5.14. The molecule has 0 aliphatic heterocycles. The number of amides is 1. The average Bonchev–Trinajstić information content (AvgIpc) is 3.13. The van der Waals surface area contributed by atoms with Gasteiger partial charge in [0.1, 0.15) is 11.3 Å². The van der Waals surface area contributed by atoms with E-state index in [0.717, 1.165) is 5.52 Å². The van der Waals surface area contributed by atoms with E-state index in [0.29, 0.717) is 28.3 Å². The Hall–Kier alpha value is -3.81. The molecular weight excluding hydrogens is 397 g/mol. The van der Waals surface area contributed by atoms with E-state index in [9.17, 15) is 18.0 Å². The van der Waals surface area contributed by atoms with Crippen LogP contribution in [-0.4, -0.2) is 17.3 Å². The molecule has 0 aliphatic carbocycles. The molecule has 1 N–H and O–H groups in total. The number of carbonyl (C=O) groups excluding carboxylic acids is 1. The number of nitrogens with one attached hydrogen (secondary N) is 1. The van der Waals surface area contributed by atoms with Crippen LogP contribution in [0.5, 0.6) is 5.75 Å². The van der Waals surface area contributed by atoms with Gasteiger partial charge in [0.2, 0.25) is 11.8 Å². The van der Waals surface area contributed by atoms with Gasteiger partial charge in [-0.3, -0.25) is 4.79 Å². The van der Waals surface area contributed by atoms with E-state index >= 15 is 0 Å². The molecule has 0 spiro atoms. The van der Waals surface area contributed by atoms with E-state index in [2.05, 4.69) is 15.0 Å². The first-order chi connectivity index (χ1) is 14.4. The summed E-state index contributed by atoms with van der Waals surface area (Å²) in [6.07, 6.45) is -4.75. The van der Waals surface area contributed by atoms with Crippen molar-refractivity contribution in [1.82, 2.24) is 4.98 Å². The highest BCUT2D eigenvalue weighted by Crippen LogP contribution is 2.26. The monoisotopic (exact) mass is 412 g/mol. The number of aromatic nitrogens is 1. The quantitative estimate of drug-likeness (QED) is 0.465. The summed E-state index contributed by atoms with van der Waals surface area (Å²) in [6, 6.07) is 19.6. The molecule has 0 saturated carbocycles. The molecule has 4 rings (SSSR count). The molecule has 3 aromatic carbocycles. The molecule has 0 aliphatic rings. The number of carbonyl (C=O) groups is 1. The third kappa shape index (κ3) is 4.78. The highest BCUT2D eigenvalue weighted by Gasteiger charge is 2.30. The number of benzene rings is 3. The van der Waals surface area contributed by atoms with Gasteiger partial charge in [-0.1, -0.05) is 30.3 Å². The highest BCUT2D eigenvalue weighted by atomic mass is 19.4. The Balaban J connectivity index is 1.43. The molecule has 0 atom stereocenters. The first-order valence-electron chi connectivity index (χ1n) is 8.96. The first-order valence-corrected chi connectivity index (χ1v) is 8.96. The number of fused-ring (bicyclic) bond motifs is 1. The number of oxazole rings is 1. The zero-order valence-electron chi connectivity index (χ0n) is 15.4. The number of nitrogens with zero attached hydrogens (tertiary/aromatic N) is 1. The Labute approximate surface area is 169 Å². The molecule has 0 unspecified atom stereocenters. The lowest BCUT2D eigenvalue weighted by molar-refractivity contribution is -0.274. The van der Waals surface area contributed by atoms with Gasteiger partial charge >= 0.3 is 6.36 Å². The third-order valence-electron chi connectivity index (χ3n) is 4.21. The fourth-order valence-corrected chi connectivity index (χ4v) is 2.93. The summed E-state index contributed by atoms with van der Waals surface area (Å²) in [4.78, 5) is 16.8. The molecule has 0 bridgehead atoms. The maximum absolute atomic E-state index is 12.3. The topological polar surface area (TPSA) is 64.4 Å². The van der Waals surface area contributed by atoms with Gasteiger partial charge in [-0.05, 0) is 48.0 Å². The van der Waals surface area contributed by atoms with Crippen molar-refractivity contribution in [3.8, 4) is 17.2 Å². The number of halogens is 3. The summed E-state index contributed by atoms with van der Waals surface area (Å²) < 4.78 is 46.2. The van der Waals surface area contributed by atoms with Gasteiger partial charge in [0.15, 0.2) is 5.58 Å². The van der Waals surface area contributed by atoms with Crippen LogP contribution in [0.15, 0.2) is 77.2 Å². The van der Waals surface area contributed by atoms with E-state index in [4.69, 9.17) is 4.42 Å². The number of hydrogen-bond acceptors (Lipinski definition) is 4. The minimum absolute atomic E-state index is 0.000582. The van der Waals surface area contributed by atoms with E-state index < -0.39 is 6.36 Å². The van der Waals surface area contributed by atoms with Crippen molar-refractivity contribution in [1.29, 1.82) is 0 Å². The van der Waals surface area contributed by atoms with Crippen molar-refractivity contribution in [2.75, 3.05) is 5.32 Å². The molecule has 8 heteroatoms. The number of alkyl halides is 3. The van der Waals surface area contributed by atoms with Gasteiger partial charge in [0, 0.05) is 11.3 Å². The van der Waals surface area contributed by atoms with E-state index in [1.807, 2.05) is 30.3 Å². The smallest absolute Gasteiger partial charge is 0.436 e. The molecule has 0 saturated heterocycles. The van der Waals surface area contributed by atoms with E-state index in [-0.39, 0.29) is 18.1 Å². The lowest BCUT2D eigenvalue weighted by Crippen LogP contribution is -2.17. The number of hydrogen-bond donors (Lipinski definition) is 1. The highest BCUT2D eigenvalue weighted by molar-refractivity contribution is 5.93. The van der Waals surface area contributed by atoms with E-state index in [1.54, 1.807) is 18.2 Å². The summed E-state index contributed by atoms with van der Waals surface area (Å²) in [5.74, 6) is -0.209.